The number of aromatic amines is 2. The zero-order chi connectivity index (χ0) is 18.5. The first-order chi connectivity index (χ1) is 12.1. The second-order valence-corrected chi connectivity index (χ2v) is 7.13. The maximum atomic E-state index is 12.1. The number of ether oxygens (including phenoxy) is 1. The third kappa shape index (κ3) is 8.90. The topological polar surface area (TPSA) is 105 Å². The van der Waals surface area contributed by atoms with E-state index in [2.05, 4.69) is 22.1 Å². The number of nitrogens with zero attached hydrogens (tertiary/aromatic N) is 1. The second kappa shape index (κ2) is 12.7. The lowest BCUT2D eigenvalue weighted by atomic mass is 10.1. The Balaban J connectivity index is 2.47. The molecule has 0 aliphatic carbocycles. The van der Waals surface area contributed by atoms with Crippen LogP contribution in [-0.2, 0) is 9.53 Å². The van der Waals surface area contributed by atoms with Crippen LogP contribution in [0.25, 0.3) is 0 Å². The third-order valence-electron chi connectivity index (χ3n) is 3.80. The van der Waals surface area contributed by atoms with Crippen LogP contribution in [0.1, 0.15) is 71.6 Å². The molecule has 0 bridgehead atoms. The molecule has 1 unspecified atom stereocenters. The van der Waals surface area contributed by atoms with Gasteiger partial charge in [-0.15, -0.1) is 0 Å². The molecule has 0 saturated carbocycles. The minimum absolute atomic E-state index is 0.0808. The van der Waals surface area contributed by atoms with Crippen molar-refractivity contribution in [1.82, 2.24) is 15.2 Å². The van der Waals surface area contributed by atoms with Crippen molar-refractivity contribution >= 4 is 17.7 Å². The van der Waals surface area contributed by atoms with E-state index in [-0.39, 0.29) is 11.0 Å². The van der Waals surface area contributed by atoms with Crippen LogP contribution in [0, 0.1) is 0 Å². The summed E-state index contributed by atoms with van der Waals surface area (Å²) in [5.41, 5.74) is -1.25. The van der Waals surface area contributed by atoms with Crippen LogP contribution in [0.15, 0.2) is 14.6 Å². The molecular formula is C17H29N3O4S. The van der Waals surface area contributed by atoms with Crippen LogP contribution in [0.2, 0.25) is 0 Å². The van der Waals surface area contributed by atoms with E-state index in [1.165, 1.54) is 32.1 Å². The Morgan fingerprint density at radius 3 is 2.32 bits per heavy atom. The monoisotopic (exact) mass is 371 g/mol. The molecule has 0 amide bonds. The van der Waals surface area contributed by atoms with Crippen LogP contribution in [-0.4, -0.2) is 33.0 Å². The van der Waals surface area contributed by atoms with Crippen molar-refractivity contribution < 1.29 is 9.53 Å². The van der Waals surface area contributed by atoms with Gasteiger partial charge in [0.1, 0.15) is 5.25 Å². The number of aromatic nitrogens is 3. The van der Waals surface area contributed by atoms with E-state index >= 15 is 0 Å². The van der Waals surface area contributed by atoms with E-state index in [0.29, 0.717) is 13.0 Å². The van der Waals surface area contributed by atoms with Gasteiger partial charge in [0, 0.05) is 0 Å². The van der Waals surface area contributed by atoms with Gasteiger partial charge in [0.15, 0.2) is 5.03 Å². The summed E-state index contributed by atoms with van der Waals surface area (Å²) in [6.45, 7) is 4.25. The minimum atomic E-state index is -0.662. The maximum Gasteiger partial charge on any atom is 0.342 e. The molecule has 0 radical (unpaired) electrons. The second-order valence-electron chi connectivity index (χ2n) is 5.93. The fourth-order valence-corrected chi connectivity index (χ4v) is 3.45. The highest BCUT2D eigenvalue weighted by Gasteiger charge is 2.23. The number of carbonyl (C=O) groups is 1. The minimum Gasteiger partial charge on any atom is -0.465 e. The van der Waals surface area contributed by atoms with Crippen LogP contribution < -0.4 is 11.2 Å². The Morgan fingerprint density at radius 2 is 1.72 bits per heavy atom. The summed E-state index contributed by atoms with van der Waals surface area (Å²) in [5.74, 6) is -0.345. The highest BCUT2D eigenvalue weighted by atomic mass is 32.2. The molecule has 1 aromatic rings. The molecule has 1 heterocycles. The number of rotatable bonds is 13. The molecule has 1 rings (SSSR count). The summed E-state index contributed by atoms with van der Waals surface area (Å²) < 4.78 is 5.09. The van der Waals surface area contributed by atoms with Crippen molar-refractivity contribution in [3.63, 3.8) is 0 Å². The lowest BCUT2D eigenvalue weighted by molar-refractivity contribution is -0.142. The Hall–Kier alpha value is -1.57. The van der Waals surface area contributed by atoms with Crippen LogP contribution in [0.5, 0.6) is 0 Å². The SMILES string of the molecule is CCCCCCCCCCC(Sc1n[nH]c(=O)[nH]c1=O)C(=O)OCC. The van der Waals surface area contributed by atoms with E-state index in [0.717, 1.165) is 31.0 Å². The van der Waals surface area contributed by atoms with Gasteiger partial charge in [-0.05, 0) is 13.3 Å². The smallest absolute Gasteiger partial charge is 0.342 e. The van der Waals surface area contributed by atoms with Gasteiger partial charge < -0.3 is 4.74 Å². The number of carbonyl (C=O) groups excluding carboxylic acids is 1. The fourth-order valence-electron chi connectivity index (χ4n) is 2.48. The molecule has 0 spiro atoms. The van der Waals surface area contributed by atoms with Crippen LogP contribution in [0.4, 0.5) is 0 Å². The number of thioether (sulfide) groups is 1. The van der Waals surface area contributed by atoms with Gasteiger partial charge in [0.2, 0.25) is 0 Å². The summed E-state index contributed by atoms with van der Waals surface area (Å²) in [4.78, 5) is 37.0. The standard InChI is InChI=1S/C17H29N3O4S/c1-3-5-6-7-8-9-10-11-12-13(16(22)24-4-2)25-15-14(21)18-17(23)20-19-15/h13H,3-12H2,1-2H3,(H2,18,20,21,23). The molecule has 0 aromatic carbocycles. The van der Waals surface area contributed by atoms with Gasteiger partial charge in [-0.1, -0.05) is 70.1 Å². The largest absolute Gasteiger partial charge is 0.465 e. The summed E-state index contributed by atoms with van der Waals surface area (Å²) in [6.07, 6.45) is 10.0. The lowest BCUT2D eigenvalue weighted by Gasteiger charge is -2.14. The van der Waals surface area contributed by atoms with E-state index < -0.39 is 16.5 Å². The molecule has 7 nitrogen and oxygen atoms in total. The molecule has 0 aliphatic heterocycles. The zero-order valence-corrected chi connectivity index (χ0v) is 16.0. The van der Waals surface area contributed by atoms with Crippen molar-refractivity contribution in [1.29, 1.82) is 0 Å². The maximum absolute atomic E-state index is 12.1. The van der Waals surface area contributed by atoms with Gasteiger partial charge in [-0.25, -0.2) is 9.89 Å². The highest BCUT2D eigenvalue weighted by molar-refractivity contribution is 8.00. The first-order valence-electron chi connectivity index (χ1n) is 9.10. The Bertz CT molecular complexity index is 614. The first kappa shape index (κ1) is 21.5. The Kier molecular flexibility index (Phi) is 10.9. The molecular weight excluding hydrogens is 342 g/mol. The van der Waals surface area contributed by atoms with Crippen LogP contribution >= 0.6 is 11.8 Å². The van der Waals surface area contributed by atoms with Crippen molar-refractivity contribution in [3.8, 4) is 0 Å². The summed E-state index contributed by atoms with van der Waals surface area (Å²) in [5, 5.41) is 5.50. The average molecular weight is 372 g/mol. The quantitative estimate of drug-likeness (QED) is 0.314. The molecule has 0 saturated heterocycles. The van der Waals surface area contributed by atoms with Gasteiger partial charge in [-0.2, -0.15) is 5.10 Å². The van der Waals surface area contributed by atoms with Crippen molar-refractivity contribution in [2.45, 2.75) is 81.9 Å². The number of nitrogens with one attached hydrogen (secondary N) is 2. The van der Waals surface area contributed by atoms with Gasteiger partial charge in [-0.3, -0.25) is 14.6 Å². The fraction of sp³-hybridized carbons (Fsp3) is 0.765. The van der Waals surface area contributed by atoms with Crippen molar-refractivity contribution in [2.75, 3.05) is 6.61 Å². The predicted octanol–water partition coefficient (Wildman–Crippen LogP) is 3.01. The molecule has 142 valence electrons. The summed E-state index contributed by atoms with van der Waals surface area (Å²) >= 11 is 1.05. The van der Waals surface area contributed by atoms with E-state index in [9.17, 15) is 14.4 Å². The predicted molar refractivity (Wildman–Crippen MR) is 99.0 cm³/mol. The number of hydrogen-bond acceptors (Lipinski definition) is 6. The molecule has 0 aliphatic rings. The van der Waals surface area contributed by atoms with Gasteiger partial charge in [0.05, 0.1) is 6.61 Å². The third-order valence-corrected chi connectivity index (χ3v) is 5.02. The Morgan fingerprint density at radius 1 is 1.08 bits per heavy atom. The molecule has 2 N–H and O–H groups in total. The first-order valence-corrected chi connectivity index (χ1v) is 9.98. The summed E-state index contributed by atoms with van der Waals surface area (Å²) in [7, 11) is 0. The molecule has 25 heavy (non-hydrogen) atoms. The highest BCUT2D eigenvalue weighted by Crippen LogP contribution is 2.24. The van der Waals surface area contributed by atoms with Gasteiger partial charge in [0.25, 0.3) is 5.56 Å². The molecule has 1 aromatic heterocycles. The van der Waals surface area contributed by atoms with Crippen molar-refractivity contribution in [2.24, 2.45) is 0 Å². The number of H-pyrrole nitrogens is 2. The summed E-state index contributed by atoms with van der Waals surface area (Å²) in [6, 6.07) is 0. The average Bonchev–Trinajstić information content (AvgIpc) is 2.58. The zero-order valence-electron chi connectivity index (χ0n) is 15.1. The molecule has 8 heteroatoms. The number of esters is 1. The molecule has 0 fully saturated rings. The van der Waals surface area contributed by atoms with Crippen molar-refractivity contribution in [3.05, 3.63) is 20.8 Å². The molecule has 1 atom stereocenters. The normalized spacial score (nSPS) is 12.1. The van der Waals surface area contributed by atoms with E-state index in [1.54, 1.807) is 6.92 Å². The van der Waals surface area contributed by atoms with Crippen LogP contribution in [0.3, 0.4) is 0 Å². The van der Waals surface area contributed by atoms with E-state index in [1.807, 2.05) is 0 Å². The Labute approximate surface area is 152 Å². The number of unbranched alkanes of at least 4 members (excludes halogenated alkanes) is 7. The van der Waals surface area contributed by atoms with Gasteiger partial charge >= 0.3 is 11.7 Å². The lowest BCUT2D eigenvalue weighted by Crippen LogP contribution is -2.28. The van der Waals surface area contributed by atoms with E-state index in [4.69, 9.17) is 4.74 Å². The number of hydrogen-bond donors (Lipinski definition) is 2.